The molecule has 0 aromatic carbocycles. The summed E-state index contributed by atoms with van der Waals surface area (Å²) in [6.45, 7) is 6.22. The zero-order valence-corrected chi connectivity index (χ0v) is 13.2. The Morgan fingerprint density at radius 2 is 1.37 bits per heavy atom. The fourth-order valence-electron chi connectivity index (χ4n) is 2.39. The van der Waals surface area contributed by atoms with Gasteiger partial charge in [-0.05, 0) is 19.8 Å². The highest BCUT2D eigenvalue weighted by atomic mass is 16.5. The molecule has 0 aliphatic rings. The number of aliphatic hydroxyl groups is 2. The molecule has 3 heteroatoms. The summed E-state index contributed by atoms with van der Waals surface area (Å²) < 4.78 is 0. The van der Waals surface area contributed by atoms with Gasteiger partial charge in [0, 0.05) is 6.04 Å². The maximum absolute atomic E-state index is 9.07. The van der Waals surface area contributed by atoms with Gasteiger partial charge in [0.25, 0.3) is 0 Å². The largest absolute Gasteiger partial charge is 0.367 e. The van der Waals surface area contributed by atoms with E-state index < -0.39 is 6.29 Å². The van der Waals surface area contributed by atoms with E-state index in [0.29, 0.717) is 6.04 Å². The molecule has 0 aliphatic carbocycles. The Balaban J connectivity index is 3.46. The minimum absolute atomic E-state index is 0.237. The van der Waals surface area contributed by atoms with Crippen LogP contribution in [0.15, 0.2) is 0 Å². The van der Waals surface area contributed by atoms with E-state index in [1.807, 2.05) is 6.92 Å². The van der Waals surface area contributed by atoms with Gasteiger partial charge in [-0.25, -0.2) is 0 Å². The highest BCUT2D eigenvalue weighted by Gasteiger charge is 2.14. The zero-order chi connectivity index (χ0) is 14.5. The number of hydrogen-bond acceptors (Lipinski definition) is 3. The lowest BCUT2D eigenvalue weighted by Crippen LogP contribution is -2.43. The van der Waals surface area contributed by atoms with Gasteiger partial charge in [0.2, 0.25) is 0 Å². The summed E-state index contributed by atoms with van der Waals surface area (Å²) in [5.74, 6) is 0. The van der Waals surface area contributed by atoms with Crippen molar-refractivity contribution in [1.29, 1.82) is 0 Å². The summed E-state index contributed by atoms with van der Waals surface area (Å²) in [6, 6.07) is 0.177. The predicted molar refractivity (Wildman–Crippen MR) is 82.1 cm³/mol. The van der Waals surface area contributed by atoms with Crippen LogP contribution < -0.4 is 5.32 Å². The molecular weight excluding hydrogens is 238 g/mol. The lowest BCUT2D eigenvalue weighted by molar-refractivity contribution is -0.0650. The van der Waals surface area contributed by atoms with Crippen LogP contribution in [0.25, 0.3) is 0 Å². The second-order valence-corrected chi connectivity index (χ2v) is 5.74. The van der Waals surface area contributed by atoms with E-state index in [1.165, 1.54) is 51.4 Å². The Morgan fingerprint density at radius 1 is 0.842 bits per heavy atom. The molecule has 116 valence electrons. The van der Waals surface area contributed by atoms with Crippen LogP contribution in [0.2, 0.25) is 0 Å². The molecule has 0 saturated heterocycles. The summed E-state index contributed by atoms with van der Waals surface area (Å²) in [7, 11) is 0. The van der Waals surface area contributed by atoms with Crippen molar-refractivity contribution < 1.29 is 10.2 Å². The van der Waals surface area contributed by atoms with Crippen molar-refractivity contribution in [2.24, 2.45) is 0 Å². The Bertz CT molecular complexity index is 186. The Kier molecular flexibility index (Phi) is 12.8. The third kappa shape index (κ3) is 11.4. The molecular formula is C16H35NO2. The number of hydrogen-bond donors (Lipinski definition) is 3. The van der Waals surface area contributed by atoms with E-state index in [2.05, 4.69) is 19.2 Å². The smallest absolute Gasteiger partial charge is 0.166 e. The third-order valence-electron chi connectivity index (χ3n) is 3.84. The molecule has 0 amide bonds. The molecule has 0 radical (unpaired) electrons. The van der Waals surface area contributed by atoms with Gasteiger partial charge in [-0.15, -0.1) is 0 Å². The van der Waals surface area contributed by atoms with Crippen LogP contribution in [0.4, 0.5) is 0 Å². The van der Waals surface area contributed by atoms with Crippen LogP contribution in [-0.4, -0.2) is 28.6 Å². The van der Waals surface area contributed by atoms with E-state index >= 15 is 0 Å². The number of unbranched alkanes of at least 4 members (excludes halogenated alkanes) is 7. The molecule has 0 rings (SSSR count). The van der Waals surface area contributed by atoms with Gasteiger partial charge in [0.05, 0.1) is 6.04 Å². The molecule has 2 atom stereocenters. The molecule has 0 bridgehead atoms. The van der Waals surface area contributed by atoms with E-state index in [-0.39, 0.29) is 6.04 Å². The number of rotatable bonds is 13. The van der Waals surface area contributed by atoms with E-state index in [0.717, 1.165) is 12.8 Å². The van der Waals surface area contributed by atoms with Crippen molar-refractivity contribution in [3.05, 3.63) is 0 Å². The molecule has 19 heavy (non-hydrogen) atoms. The van der Waals surface area contributed by atoms with E-state index in [4.69, 9.17) is 10.2 Å². The molecule has 0 aliphatic heterocycles. The molecule has 0 fully saturated rings. The van der Waals surface area contributed by atoms with Crippen molar-refractivity contribution in [2.75, 3.05) is 0 Å². The predicted octanol–water partition coefficient (Wildman–Crippen LogP) is 3.58. The first-order valence-corrected chi connectivity index (χ1v) is 8.24. The summed E-state index contributed by atoms with van der Waals surface area (Å²) in [5.41, 5.74) is 0. The second-order valence-electron chi connectivity index (χ2n) is 5.74. The van der Waals surface area contributed by atoms with Crippen molar-refractivity contribution in [3.63, 3.8) is 0 Å². The van der Waals surface area contributed by atoms with Crippen LogP contribution in [0.1, 0.15) is 85.0 Å². The molecule has 0 heterocycles. The molecule has 0 aromatic rings. The van der Waals surface area contributed by atoms with Crippen molar-refractivity contribution in [1.82, 2.24) is 5.32 Å². The SMILES string of the molecule is CCCCCCCCCCC(CC)NC(C)C(O)O. The average molecular weight is 273 g/mol. The number of nitrogens with one attached hydrogen (secondary N) is 1. The minimum Gasteiger partial charge on any atom is -0.367 e. The van der Waals surface area contributed by atoms with Gasteiger partial charge in [0.1, 0.15) is 0 Å². The van der Waals surface area contributed by atoms with Gasteiger partial charge < -0.3 is 15.5 Å². The van der Waals surface area contributed by atoms with Gasteiger partial charge in [-0.2, -0.15) is 0 Å². The van der Waals surface area contributed by atoms with Gasteiger partial charge in [-0.3, -0.25) is 0 Å². The lowest BCUT2D eigenvalue weighted by Gasteiger charge is -2.23. The summed E-state index contributed by atoms with van der Waals surface area (Å²) in [6.07, 6.45) is 11.7. The summed E-state index contributed by atoms with van der Waals surface area (Å²) in [4.78, 5) is 0. The van der Waals surface area contributed by atoms with Gasteiger partial charge in [-0.1, -0.05) is 65.2 Å². The number of aliphatic hydroxyl groups excluding tert-OH is 1. The van der Waals surface area contributed by atoms with Crippen LogP contribution in [0, 0.1) is 0 Å². The molecule has 0 spiro atoms. The van der Waals surface area contributed by atoms with Gasteiger partial charge in [0.15, 0.2) is 6.29 Å². The first kappa shape index (κ1) is 18.9. The fraction of sp³-hybridized carbons (Fsp3) is 1.00. The van der Waals surface area contributed by atoms with Crippen LogP contribution >= 0.6 is 0 Å². The Labute approximate surface area is 119 Å². The van der Waals surface area contributed by atoms with Crippen LogP contribution in [0.5, 0.6) is 0 Å². The standard InChI is InChI=1S/C16H35NO2/c1-4-6-7-8-9-10-11-12-13-15(5-2)17-14(3)16(18)19/h14-19H,4-13H2,1-3H3. The highest BCUT2D eigenvalue weighted by Crippen LogP contribution is 2.12. The summed E-state index contributed by atoms with van der Waals surface area (Å²) in [5, 5.41) is 21.4. The molecule has 3 N–H and O–H groups in total. The lowest BCUT2D eigenvalue weighted by atomic mass is 10.0. The van der Waals surface area contributed by atoms with Gasteiger partial charge >= 0.3 is 0 Å². The second kappa shape index (κ2) is 12.9. The quantitative estimate of drug-likeness (QED) is 0.355. The van der Waals surface area contributed by atoms with Crippen molar-refractivity contribution in [2.45, 2.75) is 103 Å². The first-order valence-electron chi connectivity index (χ1n) is 8.24. The normalized spacial score (nSPS) is 14.8. The first-order chi connectivity index (χ1) is 9.11. The Morgan fingerprint density at radius 3 is 1.84 bits per heavy atom. The monoisotopic (exact) mass is 273 g/mol. The average Bonchev–Trinajstić information content (AvgIpc) is 2.39. The van der Waals surface area contributed by atoms with Crippen molar-refractivity contribution in [3.8, 4) is 0 Å². The molecule has 0 aromatic heterocycles. The molecule has 0 saturated carbocycles. The minimum atomic E-state index is -1.26. The highest BCUT2D eigenvalue weighted by molar-refractivity contribution is 4.71. The Hall–Kier alpha value is -0.120. The van der Waals surface area contributed by atoms with Crippen molar-refractivity contribution >= 4 is 0 Å². The third-order valence-corrected chi connectivity index (χ3v) is 3.84. The van der Waals surface area contributed by atoms with Crippen LogP contribution in [-0.2, 0) is 0 Å². The molecule has 3 nitrogen and oxygen atoms in total. The zero-order valence-electron chi connectivity index (χ0n) is 13.2. The topological polar surface area (TPSA) is 52.5 Å². The maximum Gasteiger partial charge on any atom is 0.166 e. The van der Waals surface area contributed by atoms with Crippen LogP contribution in [0.3, 0.4) is 0 Å². The molecule has 2 unspecified atom stereocenters. The summed E-state index contributed by atoms with van der Waals surface area (Å²) >= 11 is 0. The fourth-order valence-corrected chi connectivity index (χ4v) is 2.39. The van der Waals surface area contributed by atoms with E-state index in [9.17, 15) is 0 Å². The maximum atomic E-state index is 9.07. The van der Waals surface area contributed by atoms with E-state index in [1.54, 1.807) is 0 Å².